The Morgan fingerprint density at radius 3 is 2.94 bits per heavy atom. The maximum Gasteiger partial charge on any atom is 0.259 e. The Balaban J connectivity index is 2.16. The third-order valence-corrected chi connectivity index (χ3v) is 4.82. The molecule has 3 N–H and O–H groups in total. The topological polar surface area (TPSA) is 92.1 Å². The van der Waals surface area contributed by atoms with Crippen LogP contribution in [0.15, 0.2) is 17.3 Å². The number of nitrogens with two attached hydrogens (primary N) is 1. The molecular weight excluding hydrogens is 228 g/mol. The van der Waals surface area contributed by atoms with E-state index in [9.17, 15) is 8.42 Å². The van der Waals surface area contributed by atoms with Gasteiger partial charge in [-0.05, 0) is 25.3 Å². The number of rotatable bonds is 3. The van der Waals surface area contributed by atoms with Crippen molar-refractivity contribution in [1.29, 1.82) is 0 Å². The first-order valence-electron chi connectivity index (χ1n) is 5.27. The molecule has 0 radical (unpaired) electrons. The van der Waals surface area contributed by atoms with Crippen LogP contribution >= 0.6 is 0 Å². The Labute approximate surface area is 94.9 Å². The Kier molecular flexibility index (Phi) is 3.00. The molecule has 1 aliphatic rings. The molecule has 2 rings (SSSR count). The quantitative estimate of drug-likeness (QED) is 0.768. The molecular formula is C9H16N4O2S. The molecule has 2 unspecified atom stereocenters. The first-order valence-corrected chi connectivity index (χ1v) is 6.71. The van der Waals surface area contributed by atoms with Gasteiger partial charge in [0, 0.05) is 19.1 Å². The van der Waals surface area contributed by atoms with Gasteiger partial charge in [-0.15, -0.1) is 0 Å². The van der Waals surface area contributed by atoms with Gasteiger partial charge in [0.25, 0.3) is 10.0 Å². The fourth-order valence-corrected chi connectivity index (χ4v) is 3.34. The molecule has 1 aliphatic heterocycles. The van der Waals surface area contributed by atoms with Crippen LogP contribution < -0.4 is 5.73 Å². The zero-order valence-electron chi connectivity index (χ0n) is 9.13. The van der Waals surface area contributed by atoms with Crippen molar-refractivity contribution in [2.45, 2.75) is 24.4 Å². The van der Waals surface area contributed by atoms with Crippen LogP contribution in [0.4, 0.5) is 0 Å². The predicted molar refractivity (Wildman–Crippen MR) is 59.1 cm³/mol. The number of H-pyrrole nitrogens is 1. The summed E-state index contributed by atoms with van der Waals surface area (Å²) < 4.78 is 25.6. The Bertz CT molecular complexity index is 440. The minimum absolute atomic E-state index is 0.0296. The van der Waals surface area contributed by atoms with E-state index in [2.05, 4.69) is 10.2 Å². The van der Waals surface area contributed by atoms with E-state index in [1.54, 1.807) is 0 Å². The van der Waals surface area contributed by atoms with Crippen LogP contribution in [0.25, 0.3) is 0 Å². The standard InChI is InChI=1S/C9H16N4O2S/c1-7(10)8-3-5-13(6-8)16(14,15)9-2-4-11-12-9/h2,4,7-8H,3,5-6,10H2,1H3,(H,11,12). The molecule has 0 saturated carbocycles. The second kappa shape index (κ2) is 4.15. The largest absolute Gasteiger partial charge is 0.328 e. The summed E-state index contributed by atoms with van der Waals surface area (Å²) in [5.41, 5.74) is 5.78. The fraction of sp³-hybridized carbons (Fsp3) is 0.667. The predicted octanol–water partition coefficient (Wildman–Crippen LogP) is -0.232. The van der Waals surface area contributed by atoms with Gasteiger partial charge >= 0.3 is 0 Å². The molecule has 6 nitrogen and oxygen atoms in total. The van der Waals surface area contributed by atoms with Crippen LogP contribution in [-0.2, 0) is 10.0 Å². The summed E-state index contributed by atoms with van der Waals surface area (Å²) in [6, 6.07) is 1.50. The van der Waals surface area contributed by atoms with E-state index >= 15 is 0 Å². The molecule has 7 heteroatoms. The summed E-state index contributed by atoms with van der Waals surface area (Å²) >= 11 is 0. The number of aromatic nitrogens is 2. The zero-order chi connectivity index (χ0) is 11.8. The van der Waals surface area contributed by atoms with Crippen molar-refractivity contribution in [3.05, 3.63) is 12.3 Å². The summed E-state index contributed by atoms with van der Waals surface area (Å²) in [7, 11) is -3.40. The molecule has 0 amide bonds. The summed E-state index contributed by atoms with van der Waals surface area (Å²) in [5.74, 6) is 0.248. The van der Waals surface area contributed by atoms with E-state index in [0.717, 1.165) is 6.42 Å². The van der Waals surface area contributed by atoms with E-state index in [4.69, 9.17) is 5.73 Å². The maximum absolute atomic E-state index is 12.1. The normalized spacial score (nSPS) is 24.8. The smallest absolute Gasteiger partial charge is 0.259 e. The van der Waals surface area contributed by atoms with Gasteiger partial charge in [-0.25, -0.2) is 8.42 Å². The van der Waals surface area contributed by atoms with Gasteiger partial charge in [-0.1, -0.05) is 0 Å². The third kappa shape index (κ3) is 1.98. The molecule has 0 spiro atoms. The number of nitrogens with one attached hydrogen (secondary N) is 1. The number of hydrogen-bond donors (Lipinski definition) is 2. The van der Waals surface area contributed by atoms with Gasteiger partial charge in [0.1, 0.15) is 0 Å². The van der Waals surface area contributed by atoms with E-state index in [-0.39, 0.29) is 17.0 Å². The molecule has 1 saturated heterocycles. The highest BCUT2D eigenvalue weighted by Crippen LogP contribution is 2.24. The molecule has 0 aromatic carbocycles. The van der Waals surface area contributed by atoms with Crippen molar-refractivity contribution in [2.24, 2.45) is 11.7 Å². The van der Waals surface area contributed by atoms with Crippen molar-refractivity contribution >= 4 is 10.0 Å². The van der Waals surface area contributed by atoms with Crippen LogP contribution in [0.3, 0.4) is 0 Å². The third-order valence-electron chi connectivity index (χ3n) is 3.02. The first kappa shape index (κ1) is 11.6. The monoisotopic (exact) mass is 244 g/mol. The average molecular weight is 244 g/mol. The SMILES string of the molecule is CC(N)C1CCN(S(=O)(=O)c2ccn[nH]2)C1. The molecule has 1 aromatic rings. The second-order valence-electron chi connectivity index (χ2n) is 4.19. The Hall–Kier alpha value is -0.920. The molecule has 0 bridgehead atoms. The minimum atomic E-state index is -3.40. The number of nitrogens with zero attached hydrogens (tertiary/aromatic N) is 2. The highest BCUT2D eigenvalue weighted by molar-refractivity contribution is 7.89. The lowest BCUT2D eigenvalue weighted by Gasteiger charge is -2.16. The second-order valence-corrected chi connectivity index (χ2v) is 6.10. The lowest BCUT2D eigenvalue weighted by Crippen LogP contribution is -2.33. The van der Waals surface area contributed by atoms with Crippen molar-refractivity contribution in [2.75, 3.05) is 13.1 Å². The van der Waals surface area contributed by atoms with E-state index < -0.39 is 10.0 Å². The van der Waals surface area contributed by atoms with Crippen LogP contribution in [0, 0.1) is 5.92 Å². The van der Waals surface area contributed by atoms with Gasteiger partial charge in [-0.3, -0.25) is 5.10 Å². The molecule has 0 aliphatic carbocycles. The van der Waals surface area contributed by atoms with Gasteiger partial charge in [0.15, 0.2) is 5.03 Å². The van der Waals surface area contributed by atoms with Gasteiger partial charge in [-0.2, -0.15) is 9.40 Å². The van der Waals surface area contributed by atoms with Gasteiger partial charge < -0.3 is 5.73 Å². The highest BCUT2D eigenvalue weighted by atomic mass is 32.2. The number of sulfonamides is 1. The van der Waals surface area contributed by atoms with Gasteiger partial charge in [0.2, 0.25) is 0 Å². The Morgan fingerprint density at radius 2 is 2.44 bits per heavy atom. The van der Waals surface area contributed by atoms with E-state index in [0.29, 0.717) is 13.1 Å². The molecule has 90 valence electrons. The molecule has 16 heavy (non-hydrogen) atoms. The molecule has 1 fully saturated rings. The zero-order valence-corrected chi connectivity index (χ0v) is 9.94. The molecule has 1 aromatic heterocycles. The summed E-state index contributed by atoms with van der Waals surface area (Å²) in [6.07, 6.45) is 2.26. The van der Waals surface area contributed by atoms with Gasteiger partial charge in [0.05, 0.1) is 6.20 Å². The van der Waals surface area contributed by atoms with Crippen LogP contribution in [0.1, 0.15) is 13.3 Å². The summed E-state index contributed by atoms with van der Waals surface area (Å²) in [6.45, 7) is 2.95. The van der Waals surface area contributed by atoms with Crippen molar-refractivity contribution in [1.82, 2.24) is 14.5 Å². The van der Waals surface area contributed by atoms with Crippen LogP contribution in [0.2, 0.25) is 0 Å². The minimum Gasteiger partial charge on any atom is -0.328 e. The summed E-state index contributed by atoms with van der Waals surface area (Å²) in [5, 5.41) is 6.30. The lowest BCUT2D eigenvalue weighted by atomic mass is 10.0. The lowest BCUT2D eigenvalue weighted by molar-refractivity contribution is 0.427. The van der Waals surface area contributed by atoms with Crippen LogP contribution in [0.5, 0.6) is 0 Å². The first-order chi connectivity index (χ1) is 7.51. The average Bonchev–Trinajstić information content (AvgIpc) is 2.90. The van der Waals surface area contributed by atoms with Crippen molar-refractivity contribution in [3.63, 3.8) is 0 Å². The van der Waals surface area contributed by atoms with Crippen molar-refractivity contribution < 1.29 is 8.42 Å². The number of aromatic amines is 1. The number of hydrogen-bond acceptors (Lipinski definition) is 4. The van der Waals surface area contributed by atoms with E-state index in [1.807, 2.05) is 6.92 Å². The van der Waals surface area contributed by atoms with Crippen molar-refractivity contribution in [3.8, 4) is 0 Å². The maximum atomic E-state index is 12.1. The molecule has 2 heterocycles. The highest BCUT2D eigenvalue weighted by Gasteiger charge is 2.34. The fourth-order valence-electron chi connectivity index (χ4n) is 1.93. The molecule has 2 atom stereocenters. The van der Waals surface area contributed by atoms with Crippen LogP contribution in [-0.4, -0.2) is 42.1 Å². The summed E-state index contributed by atoms with van der Waals surface area (Å²) in [4.78, 5) is 0. The van der Waals surface area contributed by atoms with E-state index in [1.165, 1.54) is 16.6 Å². The Morgan fingerprint density at radius 1 is 1.69 bits per heavy atom.